The number of nitrogens with two attached hydrogens (primary N) is 1. The summed E-state index contributed by atoms with van der Waals surface area (Å²) in [7, 11) is 0. The maximum absolute atomic E-state index is 13.0. The van der Waals surface area contributed by atoms with Crippen LogP contribution in [0.5, 0.6) is 0 Å². The summed E-state index contributed by atoms with van der Waals surface area (Å²) >= 11 is 2.11. The molecule has 1 atom stereocenters. The van der Waals surface area contributed by atoms with Gasteiger partial charge in [0.2, 0.25) is 0 Å². The van der Waals surface area contributed by atoms with Crippen molar-refractivity contribution in [2.45, 2.75) is 19.4 Å². The lowest BCUT2D eigenvalue weighted by atomic mass is 10.0. The highest BCUT2D eigenvalue weighted by molar-refractivity contribution is 14.1. The molecule has 0 amide bonds. The van der Waals surface area contributed by atoms with Gasteiger partial charge in [-0.15, -0.1) is 0 Å². The molecule has 0 aliphatic carbocycles. The number of aryl methyl sites for hydroxylation is 1. The Morgan fingerprint density at radius 1 is 1.39 bits per heavy atom. The highest BCUT2D eigenvalue weighted by Crippen LogP contribution is 2.22. The Labute approximate surface area is 120 Å². The van der Waals surface area contributed by atoms with E-state index in [1.54, 1.807) is 12.3 Å². The molecule has 0 aliphatic heterocycles. The fraction of sp³-hybridized carbons (Fsp3) is 0.214. The molecule has 18 heavy (non-hydrogen) atoms. The molecule has 2 nitrogen and oxygen atoms in total. The molecular formula is C14H14FIN2. The molecule has 1 aromatic heterocycles. The lowest BCUT2D eigenvalue weighted by Gasteiger charge is -2.14. The van der Waals surface area contributed by atoms with Crippen molar-refractivity contribution in [3.63, 3.8) is 0 Å². The minimum atomic E-state index is -0.232. The molecular weight excluding hydrogens is 342 g/mol. The summed E-state index contributed by atoms with van der Waals surface area (Å²) in [6, 6.07) is 8.46. The zero-order valence-electron chi connectivity index (χ0n) is 10.0. The van der Waals surface area contributed by atoms with E-state index in [9.17, 15) is 4.39 Å². The largest absolute Gasteiger partial charge is 0.324 e. The first kappa shape index (κ1) is 13.4. The normalized spacial score (nSPS) is 12.4. The van der Waals surface area contributed by atoms with E-state index in [4.69, 9.17) is 5.73 Å². The van der Waals surface area contributed by atoms with Gasteiger partial charge in [0, 0.05) is 27.9 Å². The van der Waals surface area contributed by atoms with Gasteiger partial charge in [-0.1, -0.05) is 12.1 Å². The fourth-order valence-electron chi connectivity index (χ4n) is 1.85. The predicted octanol–water partition coefficient (Wildman–Crippen LogP) is 3.38. The summed E-state index contributed by atoms with van der Waals surface area (Å²) in [6.45, 7) is 2.02. The van der Waals surface area contributed by atoms with Gasteiger partial charge in [-0.3, -0.25) is 4.98 Å². The van der Waals surface area contributed by atoms with Crippen molar-refractivity contribution in [2.24, 2.45) is 5.73 Å². The molecule has 2 aromatic rings. The third-order valence-electron chi connectivity index (χ3n) is 2.89. The molecule has 1 unspecified atom stereocenters. The highest BCUT2D eigenvalue weighted by Gasteiger charge is 2.13. The van der Waals surface area contributed by atoms with E-state index in [0.717, 1.165) is 20.4 Å². The zero-order valence-corrected chi connectivity index (χ0v) is 12.2. The fourth-order valence-corrected chi connectivity index (χ4v) is 2.73. The molecule has 1 heterocycles. The van der Waals surface area contributed by atoms with Gasteiger partial charge in [-0.2, -0.15) is 0 Å². The van der Waals surface area contributed by atoms with Crippen LogP contribution in [-0.4, -0.2) is 4.98 Å². The number of benzene rings is 1. The first-order chi connectivity index (χ1) is 8.58. The number of halogens is 2. The molecule has 0 radical (unpaired) electrons. The van der Waals surface area contributed by atoms with Crippen LogP contribution in [-0.2, 0) is 6.42 Å². The van der Waals surface area contributed by atoms with Gasteiger partial charge in [0.15, 0.2) is 0 Å². The highest BCUT2D eigenvalue weighted by atomic mass is 127. The number of nitrogens with zero attached hydrogens (tertiary/aromatic N) is 1. The van der Waals surface area contributed by atoms with Crippen molar-refractivity contribution in [1.29, 1.82) is 0 Å². The number of pyridine rings is 1. The summed E-state index contributed by atoms with van der Waals surface area (Å²) in [4.78, 5) is 4.33. The van der Waals surface area contributed by atoms with Crippen LogP contribution < -0.4 is 5.73 Å². The van der Waals surface area contributed by atoms with Crippen molar-refractivity contribution < 1.29 is 4.39 Å². The quantitative estimate of drug-likeness (QED) is 0.857. The maximum atomic E-state index is 13.0. The van der Waals surface area contributed by atoms with Crippen LogP contribution in [0.1, 0.15) is 22.9 Å². The second-order valence-electron chi connectivity index (χ2n) is 4.24. The minimum Gasteiger partial charge on any atom is -0.324 e. The summed E-state index contributed by atoms with van der Waals surface area (Å²) in [5.41, 5.74) is 9.26. The number of hydrogen-bond acceptors (Lipinski definition) is 2. The number of rotatable bonds is 3. The van der Waals surface area contributed by atoms with Crippen molar-refractivity contribution in [3.8, 4) is 0 Å². The Balaban J connectivity index is 2.22. The number of aromatic nitrogens is 1. The Bertz CT molecular complexity index is 557. The molecule has 2 rings (SSSR count). The summed E-state index contributed by atoms with van der Waals surface area (Å²) in [5.74, 6) is -0.232. The molecule has 0 bridgehead atoms. The van der Waals surface area contributed by atoms with Gasteiger partial charge in [0.1, 0.15) is 5.82 Å². The lowest BCUT2D eigenvalue weighted by Crippen LogP contribution is -2.16. The minimum absolute atomic E-state index is 0.161. The first-order valence-electron chi connectivity index (χ1n) is 5.69. The monoisotopic (exact) mass is 356 g/mol. The molecule has 94 valence electrons. The van der Waals surface area contributed by atoms with Gasteiger partial charge < -0.3 is 5.73 Å². The summed E-state index contributed by atoms with van der Waals surface area (Å²) in [5, 5.41) is 0. The molecule has 4 heteroatoms. The van der Waals surface area contributed by atoms with Crippen LogP contribution in [0.25, 0.3) is 0 Å². The second-order valence-corrected chi connectivity index (χ2v) is 5.41. The molecule has 0 spiro atoms. The van der Waals surface area contributed by atoms with Crippen LogP contribution in [0.4, 0.5) is 4.39 Å². The van der Waals surface area contributed by atoms with Crippen molar-refractivity contribution in [1.82, 2.24) is 4.98 Å². The van der Waals surface area contributed by atoms with E-state index in [1.165, 1.54) is 12.1 Å². The smallest absolute Gasteiger partial charge is 0.124 e. The lowest BCUT2D eigenvalue weighted by molar-refractivity contribution is 0.622. The van der Waals surface area contributed by atoms with Gasteiger partial charge in [-0.05, 0) is 58.8 Å². The van der Waals surface area contributed by atoms with E-state index in [2.05, 4.69) is 27.6 Å². The van der Waals surface area contributed by atoms with E-state index in [1.807, 2.05) is 19.1 Å². The van der Waals surface area contributed by atoms with Gasteiger partial charge in [-0.25, -0.2) is 4.39 Å². The third-order valence-corrected chi connectivity index (χ3v) is 3.83. The number of hydrogen-bond donors (Lipinski definition) is 1. The van der Waals surface area contributed by atoms with Crippen molar-refractivity contribution in [2.75, 3.05) is 0 Å². The first-order valence-corrected chi connectivity index (χ1v) is 6.77. The molecule has 0 saturated carbocycles. The third kappa shape index (κ3) is 3.05. The van der Waals surface area contributed by atoms with Crippen molar-refractivity contribution >= 4 is 22.6 Å². The average molecular weight is 356 g/mol. The Hall–Kier alpha value is -1.01. The maximum Gasteiger partial charge on any atom is 0.124 e. The van der Waals surface area contributed by atoms with Crippen molar-refractivity contribution in [3.05, 3.63) is 62.7 Å². The molecule has 1 aromatic carbocycles. The van der Waals surface area contributed by atoms with Crippen LogP contribution in [0.2, 0.25) is 0 Å². The summed E-state index contributed by atoms with van der Waals surface area (Å²) < 4.78 is 13.9. The molecule has 0 aliphatic rings. The standard InChI is InChI=1S/C14H14FIN2/c1-9-3-2-6-18-14(9)8-13(17)11-5-4-10(15)7-12(11)16/h2-7,13H,8,17H2,1H3. The Morgan fingerprint density at radius 2 is 2.17 bits per heavy atom. The van der Waals surface area contributed by atoms with E-state index in [-0.39, 0.29) is 11.9 Å². The zero-order chi connectivity index (χ0) is 13.1. The topological polar surface area (TPSA) is 38.9 Å². The van der Waals surface area contributed by atoms with Crippen LogP contribution in [0, 0.1) is 16.3 Å². The SMILES string of the molecule is Cc1cccnc1CC(N)c1ccc(F)cc1I. The van der Waals surface area contributed by atoms with Gasteiger partial charge in [0.25, 0.3) is 0 Å². The predicted molar refractivity (Wildman–Crippen MR) is 78.7 cm³/mol. The molecule has 2 N–H and O–H groups in total. The van der Waals surface area contributed by atoms with E-state index < -0.39 is 0 Å². The molecule has 0 fully saturated rings. The Morgan fingerprint density at radius 3 is 2.83 bits per heavy atom. The Kier molecular flexibility index (Phi) is 4.29. The van der Waals surface area contributed by atoms with E-state index in [0.29, 0.717) is 6.42 Å². The van der Waals surface area contributed by atoms with Crippen LogP contribution in [0.3, 0.4) is 0 Å². The second kappa shape index (κ2) is 5.75. The average Bonchev–Trinajstić information content (AvgIpc) is 2.32. The van der Waals surface area contributed by atoms with Crippen LogP contribution in [0.15, 0.2) is 36.5 Å². The van der Waals surface area contributed by atoms with Crippen LogP contribution >= 0.6 is 22.6 Å². The van der Waals surface area contributed by atoms with Gasteiger partial charge in [0.05, 0.1) is 0 Å². The summed E-state index contributed by atoms with van der Waals surface area (Å²) in [6.07, 6.45) is 2.43. The molecule has 0 saturated heterocycles. The van der Waals surface area contributed by atoms with E-state index >= 15 is 0 Å². The van der Waals surface area contributed by atoms with Gasteiger partial charge >= 0.3 is 0 Å².